The third kappa shape index (κ3) is 8.43. The van der Waals surface area contributed by atoms with Crippen LogP contribution in [0, 0.1) is 6.92 Å². The van der Waals surface area contributed by atoms with Crippen molar-refractivity contribution in [3.63, 3.8) is 0 Å². The number of aryl methyl sites for hydroxylation is 1. The summed E-state index contributed by atoms with van der Waals surface area (Å²) < 4.78 is 5.21. The van der Waals surface area contributed by atoms with Gasteiger partial charge in [-0.25, -0.2) is 0 Å². The molecular weight excluding hydrogens is 512 g/mol. The highest BCUT2D eigenvalue weighted by Crippen LogP contribution is 2.21. The van der Waals surface area contributed by atoms with Gasteiger partial charge in [0.15, 0.2) is 0 Å². The van der Waals surface area contributed by atoms with E-state index in [0.29, 0.717) is 25.3 Å². The zero-order chi connectivity index (χ0) is 29.0. The van der Waals surface area contributed by atoms with Crippen LogP contribution in [0.2, 0.25) is 0 Å². The molecule has 2 aromatic carbocycles. The van der Waals surface area contributed by atoms with Crippen LogP contribution in [0.5, 0.6) is 0 Å². The first-order chi connectivity index (χ1) is 19.9. The van der Waals surface area contributed by atoms with Gasteiger partial charge < -0.3 is 14.5 Å². The molecule has 0 aliphatic carbocycles. The molecular formula is C34H36N4O3. The van der Waals surface area contributed by atoms with E-state index >= 15 is 0 Å². The normalized spacial score (nSPS) is 11.8. The number of carbonyl (C=O) groups excluding carboxylic acids is 2. The molecule has 4 aromatic rings. The Hall–Kier alpha value is -4.62. The smallest absolute Gasteiger partial charge is 0.247 e. The Morgan fingerprint density at radius 2 is 1.66 bits per heavy atom. The van der Waals surface area contributed by atoms with Crippen LogP contribution < -0.4 is 0 Å². The number of carbonyl (C=O) groups is 2. The molecule has 0 bridgehead atoms. The van der Waals surface area contributed by atoms with E-state index in [0.717, 1.165) is 27.9 Å². The number of likely N-dealkylation sites (N-methyl/N-ethyl adjacent to an activating group) is 1. The van der Waals surface area contributed by atoms with Crippen LogP contribution in [0.3, 0.4) is 0 Å². The third-order valence-corrected chi connectivity index (χ3v) is 6.82. The second-order valence-electron chi connectivity index (χ2n) is 9.93. The monoisotopic (exact) mass is 548 g/mol. The number of amides is 2. The molecule has 0 fully saturated rings. The predicted octanol–water partition coefficient (Wildman–Crippen LogP) is 5.21. The van der Waals surface area contributed by atoms with Gasteiger partial charge in [-0.15, -0.1) is 0 Å². The minimum absolute atomic E-state index is 0.147. The second kappa shape index (κ2) is 14.7. The summed E-state index contributed by atoms with van der Waals surface area (Å²) in [7, 11) is 3.35. The van der Waals surface area contributed by atoms with E-state index in [1.54, 1.807) is 42.4 Å². The lowest BCUT2D eigenvalue weighted by atomic mass is 10.0. The van der Waals surface area contributed by atoms with Gasteiger partial charge in [-0.3, -0.25) is 19.6 Å². The summed E-state index contributed by atoms with van der Waals surface area (Å²) in [5.41, 5.74) is 5.44. The molecule has 0 saturated carbocycles. The summed E-state index contributed by atoms with van der Waals surface area (Å²) in [4.78, 5) is 39.8. The average Bonchev–Trinajstić information content (AvgIpc) is 3.02. The Bertz CT molecular complexity index is 1420. The lowest BCUT2D eigenvalue weighted by Gasteiger charge is -2.33. The highest BCUT2D eigenvalue weighted by atomic mass is 16.5. The lowest BCUT2D eigenvalue weighted by molar-refractivity contribution is -0.143. The molecule has 210 valence electrons. The van der Waals surface area contributed by atoms with Gasteiger partial charge in [-0.1, -0.05) is 66.7 Å². The number of ether oxygens (including phenoxy) is 1. The predicted molar refractivity (Wildman–Crippen MR) is 162 cm³/mol. The van der Waals surface area contributed by atoms with Gasteiger partial charge >= 0.3 is 0 Å². The molecule has 0 spiro atoms. The van der Waals surface area contributed by atoms with E-state index in [4.69, 9.17) is 4.74 Å². The first kappa shape index (κ1) is 29.4. The van der Waals surface area contributed by atoms with Crippen molar-refractivity contribution in [1.82, 2.24) is 19.8 Å². The summed E-state index contributed by atoms with van der Waals surface area (Å²) in [6.45, 7) is 3.05. The summed E-state index contributed by atoms with van der Waals surface area (Å²) in [6, 6.07) is 26.6. The fourth-order valence-corrected chi connectivity index (χ4v) is 4.44. The molecule has 7 heteroatoms. The SMILES string of the molecule is COCCN(C)C(=O)[C@H](Cc1ccccc1)N(Cc1ccc(-c2ccccn2)cc1)C(=O)C=Cc1ccc(C)cn1. The van der Waals surface area contributed by atoms with E-state index in [2.05, 4.69) is 9.97 Å². The van der Waals surface area contributed by atoms with Crippen molar-refractivity contribution in [3.05, 3.63) is 126 Å². The van der Waals surface area contributed by atoms with E-state index in [1.165, 1.54) is 6.08 Å². The molecule has 0 aliphatic heterocycles. The zero-order valence-electron chi connectivity index (χ0n) is 23.8. The Balaban J connectivity index is 1.68. The minimum Gasteiger partial charge on any atom is -0.383 e. The van der Waals surface area contributed by atoms with Crippen molar-refractivity contribution in [2.24, 2.45) is 0 Å². The Morgan fingerprint density at radius 1 is 0.902 bits per heavy atom. The molecule has 1 atom stereocenters. The highest BCUT2D eigenvalue weighted by Gasteiger charge is 2.31. The second-order valence-corrected chi connectivity index (χ2v) is 9.93. The molecule has 0 saturated heterocycles. The third-order valence-electron chi connectivity index (χ3n) is 6.82. The quantitative estimate of drug-likeness (QED) is 0.227. The molecule has 0 radical (unpaired) electrons. The summed E-state index contributed by atoms with van der Waals surface area (Å²) in [6.07, 6.45) is 7.10. The number of benzene rings is 2. The molecule has 41 heavy (non-hydrogen) atoms. The number of pyridine rings is 2. The van der Waals surface area contributed by atoms with Gasteiger partial charge in [-0.05, 0) is 47.9 Å². The topological polar surface area (TPSA) is 75.6 Å². The number of methoxy groups -OCH3 is 1. The summed E-state index contributed by atoms with van der Waals surface area (Å²) in [5, 5.41) is 0. The zero-order valence-corrected chi connectivity index (χ0v) is 23.8. The van der Waals surface area contributed by atoms with Crippen LogP contribution in [-0.2, 0) is 27.3 Å². The lowest BCUT2D eigenvalue weighted by Crippen LogP contribution is -2.51. The minimum atomic E-state index is -0.724. The number of nitrogens with zero attached hydrogens (tertiary/aromatic N) is 4. The van der Waals surface area contributed by atoms with Crippen LogP contribution in [-0.4, -0.2) is 64.9 Å². The highest BCUT2D eigenvalue weighted by molar-refractivity contribution is 5.95. The van der Waals surface area contributed by atoms with Gasteiger partial charge in [0.25, 0.3) is 0 Å². The number of hydrogen-bond acceptors (Lipinski definition) is 5. The van der Waals surface area contributed by atoms with E-state index in [9.17, 15) is 9.59 Å². The van der Waals surface area contributed by atoms with Crippen molar-refractivity contribution in [3.8, 4) is 11.3 Å². The molecule has 2 amide bonds. The standard InChI is InChI=1S/C34H36N4O3/c1-26-12-17-30(36-24-26)18-19-33(39)38(25-28-13-15-29(16-14-28)31-11-7-8-20-35-31)32(23-27-9-5-4-6-10-27)34(40)37(2)21-22-41-3/h4-20,24,32H,21-23,25H2,1-3H3/t32-/m0/s1. The summed E-state index contributed by atoms with van der Waals surface area (Å²) >= 11 is 0. The van der Waals surface area contributed by atoms with E-state index in [-0.39, 0.29) is 18.4 Å². The van der Waals surface area contributed by atoms with Crippen molar-refractivity contribution in [1.29, 1.82) is 0 Å². The fraction of sp³-hybridized carbons (Fsp3) is 0.235. The Labute approximate surface area is 242 Å². The largest absolute Gasteiger partial charge is 0.383 e. The molecule has 4 rings (SSSR count). The number of aromatic nitrogens is 2. The van der Waals surface area contributed by atoms with Crippen molar-refractivity contribution in [2.75, 3.05) is 27.3 Å². The Morgan fingerprint density at radius 3 is 2.32 bits per heavy atom. The van der Waals surface area contributed by atoms with Crippen molar-refractivity contribution < 1.29 is 14.3 Å². The van der Waals surface area contributed by atoms with Gasteiger partial charge in [0.05, 0.1) is 18.0 Å². The van der Waals surface area contributed by atoms with Crippen LogP contribution in [0.4, 0.5) is 0 Å². The molecule has 2 aromatic heterocycles. The van der Waals surface area contributed by atoms with Gasteiger partial charge in [-0.2, -0.15) is 0 Å². The molecule has 7 nitrogen and oxygen atoms in total. The van der Waals surface area contributed by atoms with Crippen molar-refractivity contribution >= 4 is 17.9 Å². The number of hydrogen-bond donors (Lipinski definition) is 0. The first-order valence-corrected chi connectivity index (χ1v) is 13.6. The Kier molecular flexibility index (Phi) is 10.5. The van der Waals surface area contributed by atoms with Crippen LogP contribution >= 0.6 is 0 Å². The maximum atomic E-state index is 13.9. The molecule has 0 N–H and O–H groups in total. The maximum Gasteiger partial charge on any atom is 0.247 e. The van der Waals surface area contributed by atoms with Crippen LogP contribution in [0.25, 0.3) is 17.3 Å². The van der Waals surface area contributed by atoms with Crippen LogP contribution in [0.15, 0.2) is 103 Å². The number of rotatable bonds is 12. The van der Waals surface area contributed by atoms with E-state index < -0.39 is 6.04 Å². The average molecular weight is 549 g/mol. The molecule has 0 unspecified atom stereocenters. The molecule has 2 heterocycles. The fourth-order valence-electron chi connectivity index (χ4n) is 4.44. The van der Waals surface area contributed by atoms with Gasteiger partial charge in [0, 0.05) is 57.7 Å². The van der Waals surface area contributed by atoms with Gasteiger partial charge in [0.1, 0.15) is 6.04 Å². The van der Waals surface area contributed by atoms with Crippen molar-refractivity contribution in [2.45, 2.75) is 25.9 Å². The first-order valence-electron chi connectivity index (χ1n) is 13.6. The van der Waals surface area contributed by atoms with Gasteiger partial charge in [0.2, 0.25) is 11.8 Å². The molecule has 0 aliphatic rings. The van der Waals surface area contributed by atoms with E-state index in [1.807, 2.05) is 91.9 Å². The summed E-state index contributed by atoms with van der Waals surface area (Å²) in [5.74, 6) is -0.415. The maximum absolute atomic E-state index is 13.9. The van der Waals surface area contributed by atoms with Crippen LogP contribution in [0.1, 0.15) is 22.4 Å².